The number of anilines is 1. The molecule has 0 aliphatic heterocycles. The number of ether oxygens (including phenoxy) is 2. The predicted octanol–water partition coefficient (Wildman–Crippen LogP) is 4.73. The molecule has 0 N–H and O–H groups in total. The van der Waals surface area contributed by atoms with Crippen LogP contribution < -0.4 is 14.5 Å². The van der Waals surface area contributed by atoms with Crippen molar-refractivity contribution in [2.75, 3.05) is 19.2 Å². The number of carbonyl (C=O) groups excluding carboxylic acids is 1. The lowest BCUT2D eigenvalue weighted by Gasteiger charge is -2.17. The lowest BCUT2D eigenvalue weighted by molar-refractivity contribution is 0.0984. The number of hydrazone groups is 1. The number of nitrogens with zero attached hydrogens (tertiary/aromatic N) is 3. The van der Waals surface area contributed by atoms with E-state index in [9.17, 15) is 9.18 Å². The first-order valence-corrected chi connectivity index (χ1v) is 9.61. The fourth-order valence-electron chi connectivity index (χ4n) is 2.81. The quantitative estimate of drug-likeness (QED) is 0.330. The summed E-state index contributed by atoms with van der Waals surface area (Å²) in [6.07, 6.45) is 2.90. The minimum absolute atomic E-state index is 0.235. The molecular weight excluding hydrogens is 409 g/mol. The van der Waals surface area contributed by atoms with E-state index in [1.54, 1.807) is 36.4 Å². The van der Waals surface area contributed by atoms with Crippen molar-refractivity contribution in [1.82, 2.24) is 4.98 Å². The Morgan fingerprint density at radius 3 is 2.80 bits per heavy atom. The molecule has 0 saturated carbocycles. The van der Waals surface area contributed by atoms with Crippen molar-refractivity contribution in [3.63, 3.8) is 0 Å². The number of amides is 1. The van der Waals surface area contributed by atoms with Gasteiger partial charge in [-0.2, -0.15) is 10.1 Å². The smallest absolute Gasteiger partial charge is 0.284 e. The van der Waals surface area contributed by atoms with Crippen LogP contribution in [0.2, 0.25) is 0 Å². The minimum atomic E-state index is -0.493. The van der Waals surface area contributed by atoms with Gasteiger partial charge in [0.25, 0.3) is 5.91 Å². The van der Waals surface area contributed by atoms with Gasteiger partial charge in [0, 0.05) is 0 Å². The molecule has 152 valence electrons. The van der Waals surface area contributed by atoms with Crippen molar-refractivity contribution in [1.29, 1.82) is 0 Å². The molecule has 7 nitrogen and oxygen atoms in total. The Balaban J connectivity index is 1.81. The van der Waals surface area contributed by atoms with Crippen LogP contribution in [0, 0.1) is 5.82 Å². The van der Waals surface area contributed by atoms with E-state index in [0.29, 0.717) is 21.7 Å². The average Bonchev–Trinajstić information content (AvgIpc) is 3.42. The fraction of sp³-hybridized carbons (Fsp3) is 0.0952. The third-order valence-corrected chi connectivity index (χ3v) is 5.18. The van der Waals surface area contributed by atoms with Crippen LogP contribution in [0.25, 0.3) is 10.2 Å². The third kappa shape index (κ3) is 3.74. The lowest BCUT2D eigenvalue weighted by atomic mass is 10.1. The van der Waals surface area contributed by atoms with Crippen LogP contribution in [0.3, 0.4) is 0 Å². The normalized spacial score (nSPS) is 11.2. The van der Waals surface area contributed by atoms with Crippen LogP contribution >= 0.6 is 11.3 Å². The summed E-state index contributed by atoms with van der Waals surface area (Å²) in [6.45, 7) is 0. The number of rotatable bonds is 6. The van der Waals surface area contributed by atoms with Crippen LogP contribution in [0.5, 0.6) is 11.5 Å². The Kier molecular flexibility index (Phi) is 5.44. The zero-order valence-electron chi connectivity index (χ0n) is 16.0. The molecule has 0 unspecified atom stereocenters. The van der Waals surface area contributed by atoms with E-state index in [0.717, 1.165) is 16.3 Å². The number of methoxy groups -OCH3 is 2. The summed E-state index contributed by atoms with van der Waals surface area (Å²) in [6, 6.07) is 12.6. The molecule has 4 rings (SSSR count). The van der Waals surface area contributed by atoms with E-state index in [1.165, 1.54) is 38.8 Å². The average molecular weight is 425 g/mol. The number of benzene rings is 2. The Hall–Kier alpha value is -3.72. The second-order valence-electron chi connectivity index (χ2n) is 6.03. The third-order valence-electron chi connectivity index (χ3n) is 4.19. The van der Waals surface area contributed by atoms with Gasteiger partial charge in [-0.3, -0.25) is 4.79 Å². The Morgan fingerprint density at radius 1 is 1.20 bits per heavy atom. The lowest BCUT2D eigenvalue weighted by Crippen LogP contribution is -2.26. The molecule has 9 heteroatoms. The summed E-state index contributed by atoms with van der Waals surface area (Å²) in [7, 11) is 2.94. The van der Waals surface area contributed by atoms with Crippen molar-refractivity contribution in [2.45, 2.75) is 0 Å². The molecule has 0 atom stereocenters. The maximum absolute atomic E-state index is 13.6. The Labute approximate surface area is 175 Å². The van der Waals surface area contributed by atoms with Crippen LogP contribution in [0.4, 0.5) is 9.52 Å². The molecule has 0 radical (unpaired) electrons. The number of thiazole rings is 1. The number of fused-ring (bicyclic) bond motifs is 1. The first-order valence-electron chi connectivity index (χ1n) is 8.79. The van der Waals surface area contributed by atoms with Crippen LogP contribution in [0.1, 0.15) is 16.1 Å². The standard InChI is InChI=1S/C21H16FN3O4S/c1-27-17-7-3-6-15(19(17)28-2)20(26)25(23-12-14-5-4-10-29-14)21-24-16-9-8-13(22)11-18(16)30-21/h3-12H,1-2H3/b23-12+. The van der Waals surface area contributed by atoms with Gasteiger partial charge >= 0.3 is 0 Å². The van der Waals surface area contributed by atoms with Crippen molar-refractivity contribution in [2.24, 2.45) is 5.10 Å². The zero-order valence-corrected chi connectivity index (χ0v) is 16.9. The van der Waals surface area contributed by atoms with Gasteiger partial charge in [0.05, 0.1) is 42.5 Å². The van der Waals surface area contributed by atoms with Gasteiger partial charge in [-0.05, 0) is 42.5 Å². The summed E-state index contributed by atoms with van der Waals surface area (Å²) >= 11 is 1.14. The van der Waals surface area contributed by atoms with Crippen molar-refractivity contribution < 1.29 is 23.1 Å². The predicted molar refractivity (Wildman–Crippen MR) is 112 cm³/mol. The summed E-state index contributed by atoms with van der Waals surface area (Å²) in [5.41, 5.74) is 0.791. The Morgan fingerprint density at radius 2 is 2.07 bits per heavy atom. The molecule has 2 aromatic heterocycles. The molecule has 0 aliphatic carbocycles. The zero-order chi connectivity index (χ0) is 21.1. The number of halogens is 1. The highest BCUT2D eigenvalue weighted by atomic mass is 32.1. The van der Waals surface area contributed by atoms with Crippen LogP contribution in [-0.4, -0.2) is 31.3 Å². The molecule has 30 heavy (non-hydrogen) atoms. The summed E-state index contributed by atoms with van der Waals surface area (Å²) in [5.74, 6) is 0.259. The largest absolute Gasteiger partial charge is 0.493 e. The molecular formula is C21H16FN3O4S. The maximum Gasteiger partial charge on any atom is 0.284 e. The molecule has 0 fully saturated rings. The van der Waals surface area contributed by atoms with E-state index in [-0.39, 0.29) is 22.3 Å². The minimum Gasteiger partial charge on any atom is -0.493 e. The summed E-state index contributed by atoms with van der Waals surface area (Å²) < 4.78 is 30.1. The van der Waals surface area contributed by atoms with E-state index >= 15 is 0 Å². The molecule has 1 amide bonds. The highest BCUT2D eigenvalue weighted by Gasteiger charge is 2.25. The van der Waals surface area contributed by atoms with Gasteiger partial charge in [-0.15, -0.1) is 0 Å². The van der Waals surface area contributed by atoms with Crippen LogP contribution in [-0.2, 0) is 0 Å². The van der Waals surface area contributed by atoms with E-state index in [1.807, 2.05) is 0 Å². The van der Waals surface area contributed by atoms with E-state index in [2.05, 4.69) is 10.1 Å². The molecule has 2 heterocycles. The number of aromatic nitrogens is 1. The van der Waals surface area contributed by atoms with Crippen molar-refractivity contribution in [3.05, 3.63) is 71.9 Å². The van der Waals surface area contributed by atoms with E-state index in [4.69, 9.17) is 13.9 Å². The van der Waals surface area contributed by atoms with Gasteiger partial charge in [0.1, 0.15) is 11.6 Å². The molecule has 2 aromatic carbocycles. The van der Waals surface area contributed by atoms with Gasteiger partial charge in [0.2, 0.25) is 5.13 Å². The highest BCUT2D eigenvalue weighted by Crippen LogP contribution is 2.35. The number of hydrogen-bond acceptors (Lipinski definition) is 7. The highest BCUT2D eigenvalue weighted by molar-refractivity contribution is 7.22. The first kappa shape index (κ1) is 19.6. The SMILES string of the molecule is COc1cccc(C(=O)N(/N=C/c2ccco2)c2nc3ccc(F)cc3s2)c1OC. The number of hydrogen-bond donors (Lipinski definition) is 0. The van der Waals surface area contributed by atoms with Crippen molar-refractivity contribution >= 4 is 38.8 Å². The van der Waals surface area contributed by atoms with Gasteiger partial charge in [-0.25, -0.2) is 9.37 Å². The second kappa shape index (κ2) is 8.34. The van der Waals surface area contributed by atoms with Crippen LogP contribution in [0.15, 0.2) is 64.3 Å². The van der Waals surface area contributed by atoms with Crippen molar-refractivity contribution in [3.8, 4) is 11.5 Å². The molecule has 0 spiro atoms. The maximum atomic E-state index is 13.6. The monoisotopic (exact) mass is 425 g/mol. The van der Waals surface area contributed by atoms with Gasteiger partial charge < -0.3 is 13.9 Å². The first-order chi connectivity index (χ1) is 14.6. The summed E-state index contributed by atoms with van der Waals surface area (Å²) in [4.78, 5) is 17.9. The number of para-hydroxylation sites is 1. The summed E-state index contributed by atoms with van der Waals surface area (Å²) in [5, 5.41) is 5.68. The van der Waals surface area contributed by atoms with E-state index < -0.39 is 5.91 Å². The molecule has 0 bridgehead atoms. The number of carbonyl (C=O) groups is 1. The molecule has 0 aliphatic rings. The Bertz CT molecular complexity index is 1220. The molecule has 0 saturated heterocycles. The topological polar surface area (TPSA) is 77.2 Å². The van der Waals surface area contributed by atoms with Gasteiger partial charge in [0.15, 0.2) is 11.5 Å². The molecule has 4 aromatic rings. The fourth-order valence-corrected chi connectivity index (χ4v) is 3.76. The second-order valence-corrected chi connectivity index (χ2v) is 7.04. The van der Waals surface area contributed by atoms with Gasteiger partial charge in [-0.1, -0.05) is 17.4 Å². The number of furan rings is 1.